The number of methoxy groups -OCH3 is 1. The Morgan fingerprint density at radius 2 is 1.69 bits per heavy atom. The number of hydrogen-bond donors (Lipinski definition) is 2. The molecule has 13 heteroatoms. The summed E-state index contributed by atoms with van der Waals surface area (Å²) in [6, 6.07) is 18.0. The third kappa shape index (κ3) is 5.30. The van der Waals surface area contributed by atoms with Crippen LogP contribution in [-0.4, -0.2) is 48.3 Å². The summed E-state index contributed by atoms with van der Waals surface area (Å²) in [5.41, 5.74) is 1.90. The number of imide groups is 1. The highest BCUT2D eigenvalue weighted by Gasteiger charge is 2.69. The van der Waals surface area contributed by atoms with E-state index in [-0.39, 0.29) is 52.2 Å². The van der Waals surface area contributed by atoms with E-state index in [0.717, 1.165) is 21.9 Å². The Hall–Kier alpha value is -4.62. The highest BCUT2D eigenvalue weighted by Crippen LogP contribution is 2.68. The molecule has 8 rings (SSSR count). The van der Waals surface area contributed by atoms with E-state index in [2.05, 4.69) is 10.3 Å². The van der Waals surface area contributed by atoms with Gasteiger partial charge in [-0.2, -0.15) is 0 Å². The number of H-pyrrole nitrogens is 1. The van der Waals surface area contributed by atoms with Crippen LogP contribution in [-0.2, 0) is 14.4 Å². The fourth-order valence-electron chi connectivity index (χ4n) is 8.36. The molecule has 1 aromatic heterocycles. The number of benzene rings is 3. The lowest BCUT2D eigenvalue weighted by atomic mass is 9.68. The van der Waals surface area contributed by atoms with Gasteiger partial charge < -0.3 is 24.5 Å². The second-order valence-electron chi connectivity index (χ2n) is 12.7. The number of halogens is 1. The fraction of sp³-hybridized carbons (Fsp3) is 0.333. The van der Waals surface area contributed by atoms with Crippen molar-refractivity contribution in [2.24, 2.45) is 29.6 Å². The highest BCUT2D eigenvalue weighted by atomic mass is 32.2. The molecular weight excluding hydrogens is 670 g/mol. The summed E-state index contributed by atoms with van der Waals surface area (Å²) >= 11 is 2.81. The number of rotatable bonds is 9. The molecule has 2 aliphatic carbocycles. The van der Waals surface area contributed by atoms with E-state index in [1.807, 2.05) is 19.1 Å². The molecule has 2 bridgehead atoms. The Bertz CT molecular complexity index is 2010. The maximum atomic E-state index is 14.1. The van der Waals surface area contributed by atoms with Crippen LogP contribution in [0.3, 0.4) is 0 Å². The van der Waals surface area contributed by atoms with Gasteiger partial charge in [-0.05, 0) is 97.3 Å². The third-order valence-electron chi connectivity index (χ3n) is 10.2. The van der Waals surface area contributed by atoms with Crippen molar-refractivity contribution >= 4 is 52.2 Å². The first kappa shape index (κ1) is 31.6. The molecule has 4 aliphatic rings. The number of aromatic amines is 1. The van der Waals surface area contributed by atoms with Crippen molar-refractivity contribution < 1.29 is 33.0 Å². The Morgan fingerprint density at radius 3 is 2.41 bits per heavy atom. The SMILES string of the molecule is CCOc1cc([C@H]2c3sc(=O)[nH]c3SC3C4CC(C5C(=O)N(c6ccc(OC)cc6)C(=O)C45)C32)ccc1OCC(=O)Nc1ccc(F)cc1. The van der Waals surface area contributed by atoms with Gasteiger partial charge in [0, 0.05) is 21.7 Å². The van der Waals surface area contributed by atoms with E-state index in [1.54, 1.807) is 49.2 Å². The summed E-state index contributed by atoms with van der Waals surface area (Å²) < 4.78 is 30.4. The minimum absolute atomic E-state index is 0.00509. The van der Waals surface area contributed by atoms with Crippen LogP contribution in [0.15, 0.2) is 76.6 Å². The van der Waals surface area contributed by atoms with E-state index in [4.69, 9.17) is 14.2 Å². The first-order chi connectivity index (χ1) is 23.7. The Kier molecular flexibility index (Phi) is 7.98. The molecule has 2 saturated carbocycles. The molecule has 49 heavy (non-hydrogen) atoms. The van der Waals surface area contributed by atoms with Crippen molar-refractivity contribution in [1.82, 2.24) is 4.98 Å². The largest absolute Gasteiger partial charge is 0.497 e. The average molecular weight is 702 g/mol. The molecule has 6 unspecified atom stereocenters. The lowest BCUT2D eigenvalue weighted by Gasteiger charge is -2.43. The van der Waals surface area contributed by atoms with Gasteiger partial charge >= 0.3 is 4.87 Å². The monoisotopic (exact) mass is 701 g/mol. The molecule has 3 aromatic carbocycles. The number of ether oxygens (including phenoxy) is 3. The normalized spacial score (nSPS) is 26.3. The summed E-state index contributed by atoms with van der Waals surface area (Å²) in [6.07, 6.45) is 0.768. The molecule has 3 heterocycles. The Balaban J connectivity index is 1.09. The zero-order chi connectivity index (χ0) is 34.0. The molecule has 7 atom stereocenters. The van der Waals surface area contributed by atoms with E-state index in [1.165, 1.54) is 40.5 Å². The van der Waals surface area contributed by atoms with Crippen molar-refractivity contribution in [3.63, 3.8) is 0 Å². The van der Waals surface area contributed by atoms with Gasteiger partial charge in [0.2, 0.25) is 11.8 Å². The van der Waals surface area contributed by atoms with Crippen LogP contribution in [0.5, 0.6) is 17.2 Å². The number of nitrogens with one attached hydrogen (secondary N) is 2. The van der Waals surface area contributed by atoms with Crippen LogP contribution >= 0.6 is 23.1 Å². The summed E-state index contributed by atoms with van der Waals surface area (Å²) in [5.74, 6) is -0.782. The van der Waals surface area contributed by atoms with Gasteiger partial charge in [-0.1, -0.05) is 17.4 Å². The molecule has 3 fully saturated rings. The lowest BCUT2D eigenvalue weighted by molar-refractivity contribution is -0.123. The van der Waals surface area contributed by atoms with Crippen molar-refractivity contribution in [1.29, 1.82) is 0 Å². The first-order valence-electron chi connectivity index (χ1n) is 16.1. The number of aromatic nitrogens is 1. The fourth-order valence-corrected chi connectivity index (χ4v) is 11.2. The molecule has 2 aliphatic heterocycles. The molecule has 3 amide bonds. The van der Waals surface area contributed by atoms with E-state index in [9.17, 15) is 23.6 Å². The number of carbonyl (C=O) groups excluding carboxylic acids is 3. The van der Waals surface area contributed by atoms with Gasteiger partial charge in [-0.3, -0.25) is 24.1 Å². The predicted octanol–water partition coefficient (Wildman–Crippen LogP) is 5.68. The number of thiazole rings is 1. The van der Waals surface area contributed by atoms with Gasteiger partial charge in [0.05, 0.1) is 36.3 Å². The zero-order valence-corrected chi connectivity index (χ0v) is 28.1. The standard InChI is InChI=1S/C36H32FN3O7S2/c1-3-46-25-14-17(4-13-24(25)47-16-26(41)38-19-7-5-18(37)6-8-19)27-28-22-15-23(31(28)48-33-32(27)49-36(44)39-33)30-29(22)34(42)40(35(30)43)20-9-11-21(45-2)12-10-20/h4-14,22-23,27-31H,3,15-16H2,1-2H3,(H,38,41)(H,39,44)/t22?,23?,27-,28?,29?,30?,31?/m1/s1. The van der Waals surface area contributed by atoms with Gasteiger partial charge in [-0.25, -0.2) is 4.39 Å². The van der Waals surface area contributed by atoms with Crippen LogP contribution in [0.25, 0.3) is 0 Å². The van der Waals surface area contributed by atoms with Crippen LogP contribution in [0.4, 0.5) is 15.8 Å². The number of thioether (sulfide) groups is 1. The average Bonchev–Trinajstić information content (AvgIpc) is 3.84. The Morgan fingerprint density at radius 1 is 0.959 bits per heavy atom. The van der Waals surface area contributed by atoms with Crippen molar-refractivity contribution in [2.75, 3.05) is 30.5 Å². The maximum absolute atomic E-state index is 14.1. The lowest BCUT2D eigenvalue weighted by Crippen LogP contribution is -2.42. The van der Waals surface area contributed by atoms with Gasteiger partial charge in [-0.15, -0.1) is 11.8 Å². The van der Waals surface area contributed by atoms with Crippen molar-refractivity contribution in [3.05, 3.63) is 92.7 Å². The second kappa shape index (κ2) is 12.4. The number of amides is 3. The molecule has 0 radical (unpaired) electrons. The van der Waals surface area contributed by atoms with Crippen LogP contribution in [0.2, 0.25) is 0 Å². The minimum Gasteiger partial charge on any atom is -0.497 e. The molecular formula is C36H32FN3O7S2. The van der Waals surface area contributed by atoms with E-state index >= 15 is 0 Å². The molecule has 1 saturated heterocycles. The smallest absolute Gasteiger partial charge is 0.305 e. The van der Waals surface area contributed by atoms with Crippen molar-refractivity contribution in [3.8, 4) is 17.2 Å². The van der Waals surface area contributed by atoms with Crippen molar-refractivity contribution in [2.45, 2.75) is 29.5 Å². The van der Waals surface area contributed by atoms with Gasteiger partial charge in [0.25, 0.3) is 5.91 Å². The van der Waals surface area contributed by atoms with E-state index < -0.39 is 23.6 Å². The van der Waals surface area contributed by atoms with Gasteiger partial charge in [0.1, 0.15) is 11.6 Å². The predicted molar refractivity (Wildman–Crippen MR) is 182 cm³/mol. The first-order valence-corrected chi connectivity index (χ1v) is 17.8. The quantitative estimate of drug-likeness (QED) is 0.214. The summed E-state index contributed by atoms with van der Waals surface area (Å²) in [4.78, 5) is 58.5. The van der Waals surface area contributed by atoms with Crippen LogP contribution < -0.4 is 29.3 Å². The number of anilines is 2. The molecule has 10 nitrogen and oxygen atoms in total. The number of carbonyl (C=O) groups is 3. The summed E-state index contributed by atoms with van der Waals surface area (Å²) in [5, 5.41) is 3.53. The number of hydrogen-bond acceptors (Lipinski definition) is 9. The molecule has 2 N–H and O–H groups in total. The molecule has 0 spiro atoms. The third-order valence-corrected chi connectivity index (χ3v) is 12.8. The minimum atomic E-state index is -0.435. The van der Waals surface area contributed by atoms with Gasteiger partial charge in [0.15, 0.2) is 18.1 Å². The number of fused-ring (bicyclic) bond motifs is 9. The molecule has 4 aromatic rings. The van der Waals surface area contributed by atoms with E-state index in [0.29, 0.717) is 35.2 Å². The molecule has 252 valence electrons. The highest BCUT2D eigenvalue weighted by molar-refractivity contribution is 8.00. The zero-order valence-electron chi connectivity index (χ0n) is 26.5. The number of nitrogens with zero attached hydrogens (tertiary/aromatic N) is 1. The second-order valence-corrected chi connectivity index (χ2v) is 14.9. The topological polar surface area (TPSA) is 127 Å². The van der Waals surface area contributed by atoms with Crippen LogP contribution in [0.1, 0.15) is 29.7 Å². The van der Waals surface area contributed by atoms with Crippen LogP contribution in [0, 0.1) is 35.4 Å². The maximum Gasteiger partial charge on any atom is 0.305 e. The summed E-state index contributed by atoms with van der Waals surface area (Å²) in [7, 11) is 1.57. The Labute approximate surface area is 288 Å². The summed E-state index contributed by atoms with van der Waals surface area (Å²) in [6.45, 7) is 1.91.